The SMILES string of the molecule is COc1c[c]c(N)cc1[C]=O. The van der Waals surface area contributed by atoms with Crippen LogP contribution in [-0.2, 0) is 4.79 Å². The van der Waals surface area contributed by atoms with Crippen LogP contribution in [0.2, 0.25) is 0 Å². The van der Waals surface area contributed by atoms with Crippen molar-refractivity contribution in [3.63, 3.8) is 0 Å². The smallest absolute Gasteiger partial charge is 0.237 e. The van der Waals surface area contributed by atoms with Crippen LogP contribution in [0.15, 0.2) is 12.1 Å². The lowest BCUT2D eigenvalue weighted by Gasteiger charge is -2.01. The molecule has 2 N–H and O–H groups in total. The highest BCUT2D eigenvalue weighted by Gasteiger charge is 2.01. The molecule has 0 saturated carbocycles. The molecule has 0 saturated heterocycles. The summed E-state index contributed by atoms with van der Waals surface area (Å²) in [5.74, 6) is 0.439. The van der Waals surface area contributed by atoms with Crippen LogP contribution < -0.4 is 10.5 Å². The number of hydrogen-bond donors (Lipinski definition) is 1. The van der Waals surface area contributed by atoms with Crippen LogP contribution in [0.1, 0.15) is 5.56 Å². The van der Waals surface area contributed by atoms with E-state index >= 15 is 0 Å². The van der Waals surface area contributed by atoms with Crippen LogP contribution in [0.25, 0.3) is 0 Å². The van der Waals surface area contributed by atoms with Gasteiger partial charge in [-0.15, -0.1) is 0 Å². The molecule has 0 aliphatic carbocycles. The third-order valence-electron chi connectivity index (χ3n) is 1.27. The van der Waals surface area contributed by atoms with Gasteiger partial charge < -0.3 is 10.5 Å². The van der Waals surface area contributed by atoms with Gasteiger partial charge >= 0.3 is 0 Å². The van der Waals surface area contributed by atoms with Crippen LogP contribution in [-0.4, -0.2) is 13.4 Å². The van der Waals surface area contributed by atoms with Gasteiger partial charge in [0.05, 0.1) is 12.7 Å². The van der Waals surface area contributed by atoms with Gasteiger partial charge in [0, 0.05) is 11.8 Å². The summed E-state index contributed by atoms with van der Waals surface area (Å²) in [6.45, 7) is 0. The molecule has 0 aromatic heterocycles. The fourth-order valence-electron chi connectivity index (χ4n) is 0.744. The van der Waals surface area contributed by atoms with Gasteiger partial charge in [0.1, 0.15) is 5.75 Å². The van der Waals surface area contributed by atoms with E-state index in [-0.39, 0.29) is 0 Å². The van der Waals surface area contributed by atoms with Gasteiger partial charge in [-0.05, 0) is 12.1 Å². The minimum atomic E-state index is 0.323. The van der Waals surface area contributed by atoms with Gasteiger partial charge in [0.15, 0.2) is 0 Å². The molecule has 0 amide bonds. The summed E-state index contributed by atoms with van der Waals surface area (Å²) in [7, 11) is 1.47. The first-order valence-corrected chi connectivity index (χ1v) is 3.01. The summed E-state index contributed by atoms with van der Waals surface area (Å²) < 4.78 is 4.84. The lowest BCUT2D eigenvalue weighted by atomic mass is 10.2. The van der Waals surface area contributed by atoms with Gasteiger partial charge in [0.25, 0.3) is 0 Å². The number of carbonyl (C=O) groups excluding carboxylic acids is 1. The summed E-state index contributed by atoms with van der Waals surface area (Å²) in [5.41, 5.74) is 6.10. The molecule has 0 heterocycles. The molecule has 0 fully saturated rings. The maximum atomic E-state index is 10.3. The van der Waals surface area contributed by atoms with Crippen molar-refractivity contribution in [3.8, 4) is 5.75 Å². The zero-order valence-corrected chi connectivity index (χ0v) is 6.05. The molecule has 2 radical (unpaired) electrons. The fraction of sp³-hybridized carbons (Fsp3) is 0.125. The number of anilines is 1. The standard InChI is InChI=1S/C8H7NO2/c1-11-8-3-2-7(9)4-6(8)5-10/h3-4H,9H2,1H3. The Morgan fingerprint density at radius 1 is 1.73 bits per heavy atom. The Bertz CT molecular complexity index is 271. The van der Waals surface area contributed by atoms with E-state index in [9.17, 15) is 4.79 Å². The van der Waals surface area contributed by atoms with Crippen LogP contribution in [0.3, 0.4) is 0 Å². The minimum Gasteiger partial charge on any atom is -0.496 e. The van der Waals surface area contributed by atoms with E-state index < -0.39 is 0 Å². The van der Waals surface area contributed by atoms with Crippen molar-refractivity contribution in [2.45, 2.75) is 0 Å². The molecule has 1 rings (SSSR count). The number of benzene rings is 1. The maximum absolute atomic E-state index is 10.3. The van der Waals surface area contributed by atoms with Gasteiger partial charge in [-0.2, -0.15) is 0 Å². The first-order valence-electron chi connectivity index (χ1n) is 3.01. The first-order chi connectivity index (χ1) is 5.27. The summed E-state index contributed by atoms with van der Waals surface area (Å²) in [6, 6.07) is 5.67. The average molecular weight is 149 g/mol. The molecule has 0 bridgehead atoms. The third kappa shape index (κ3) is 1.49. The molecule has 11 heavy (non-hydrogen) atoms. The molecule has 0 unspecified atom stereocenters. The Kier molecular flexibility index (Phi) is 2.11. The fourth-order valence-corrected chi connectivity index (χ4v) is 0.744. The minimum absolute atomic E-state index is 0.323. The molecule has 3 nitrogen and oxygen atoms in total. The van der Waals surface area contributed by atoms with Crippen molar-refractivity contribution < 1.29 is 9.53 Å². The molecular weight excluding hydrogens is 142 g/mol. The Hall–Kier alpha value is -1.51. The summed E-state index contributed by atoms with van der Waals surface area (Å²) >= 11 is 0. The molecule has 3 heteroatoms. The molecule has 0 aliphatic heterocycles. The monoisotopic (exact) mass is 149 g/mol. The van der Waals surface area contributed by atoms with E-state index in [1.807, 2.05) is 0 Å². The molecule has 0 aliphatic rings. The van der Waals surface area contributed by atoms with Crippen LogP contribution in [0, 0.1) is 6.07 Å². The van der Waals surface area contributed by atoms with E-state index in [0.29, 0.717) is 17.0 Å². The van der Waals surface area contributed by atoms with Crippen LogP contribution in [0.5, 0.6) is 5.75 Å². The van der Waals surface area contributed by atoms with Crippen molar-refractivity contribution in [2.75, 3.05) is 12.8 Å². The second-order valence-electron chi connectivity index (χ2n) is 1.97. The maximum Gasteiger partial charge on any atom is 0.237 e. The normalized spacial score (nSPS) is 9.18. The highest BCUT2D eigenvalue weighted by Crippen LogP contribution is 2.17. The lowest BCUT2D eigenvalue weighted by molar-refractivity contribution is 0.413. The molecule has 1 aromatic carbocycles. The average Bonchev–Trinajstić information content (AvgIpc) is 2.04. The topological polar surface area (TPSA) is 52.3 Å². The molecular formula is C8H7NO2. The zero-order chi connectivity index (χ0) is 8.27. The van der Waals surface area contributed by atoms with Crippen LogP contribution in [0.4, 0.5) is 5.69 Å². The Balaban J connectivity index is 3.16. The third-order valence-corrected chi connectivity index (χ3v) is 1.27. The largest absolute Gasteiger partial charge is 0.496 e. The van der Waals surface area contributed by atoms with Gasteiger partial charge in [-0.3, -0.25) is 4.79 Å². The van der Waals surface area contributed by atoms with Gasteiger partial charge in [-0.1, -0.05) is 0 Å². The van der Waals surface area contributed by atoms with E-state index in [2.05, 4.69) is 6.07 Å². The zero-order valence-electron chi connectivity index (χ0n) is 6.05. The van der Waals surface area contributed by atoms with E-state index in [0.717, 1.165) is 0 Å². The number of methoxy groups -OCH3 is 1. The van der Waals surface area contributed by atoms with E-state index in [1.54, 1.807) is 6.29 Å². The highest BCUT2D eigenvalue weighted by atomic mass is 16.5. The second-order valence-corrected chi connectivity index (χ2v) is 1.97. The predicted octanol–water partition coefficient (Wildman–Crippen LogP) is 0.535. The molecule has 56 valence electrons. The summed E-state index contributed by atoms with van der Waals surface area (Å²) in [5, 5.41) is 0. The lowest BCUT2D eigenvalue weighted by Crippen LogP contribution is -1.93. The highest BCUT2D eigenvalue weighted by molar-refractivity contribution is 5.81. The summed E-state index contributed by atoms with van der Waals surface area (Å²) in [4.78, 5) is 10.3. The summed E-state index contributed by atoms with van der Waals surface area (Å²) in [6.07, 6.45) is 1.71. The number of nitrogens with two attached hydrogens (primary N) is 1. The van der Waals surface area contributed by atoms with Crippen LogP contribution >= 0.6 is 0 Å². The molecule has 1 aromatic rings. The van der Waals surface area contributed by atoms with Crippen molar-refractivity contribution in [2.24, 2.45) is 0 Å². The van der Waals surface area contributed by atoms with Crippen molar-refractivity contribution >= 4 is 12.0 Å². The van der Waals surface area contributed by atoms with Crippen molar-refractivity contribution in [3.05, 3.63) is 23.8 Å². The Morgan fingerprint density at radius 2 is 2.45 bits per heavy atom. The van der Waals surface area contributed by atoms with Gasteiger partial charge in [-0.25, -0.2) is 0 Å². The Morgan fingerprint density at radius 3 is 3.00 bits per heavy atom. The first kappa shape index (κ1) is 7.60. The molecule has 0 spiro atoms. The quantitative estimate of drug-likeness (QED) is 0.624. The van der Waals surface area contributed by atoms with Crippen molar-refractivity contribution in [1.82, 2.24) is 0 Å². The second kappa shape index (κ2) is 3.05. The van der Waals surface area contributed by atoms with Crippen molar-refractivity contribution in [1.29, 1.82) is 0 Å². The number of hydrogen-bond acceptors (Lipinski definition) is 3. The van der Waals surface area contributed by atoms with E-state index in [4.69, 9.17) is 10.5 Å². The number of ether oxygens (including phenoxy) is 1. The van der Waals surface area contributed by atoms with Gasteiger partial charge in [0.2, 0.25) is 6.29 Å². The number of rotatable bonds is 2. The molecule has 0 atom stereocenters. The Labute approximate surface area is 64.8 Å². The number of nitrogen functional groups attached to an aromatic ring is 1. The van der Waals surface area contributed by atoms with E-state index in [1.165, 1.54) is 19.2 Å². The predicted molar refractivity (Wildman–Crippen MR) is 41.0 cm³/mol.